The average molecular weight is 416 g/mol. The summed E-state index contributed by atoms with van der Waals surface area (Å²) in [5, 5.41) is 4.08. The van der Waals surface area contributed by atoms with Crippen molar-refractivity contribution in [1.29, 1.82) is 0 Å². The van der Waals surface area contributed by atoms with Gasteiger partial charge in [-0.25, -0.2) is 18.2 Å². The number of fused-ring (bicyclic) bond motifs is 1. The number of nitrogens with zero attached hydrogens (tertiary/aromatic N) is 4. The highest BCUT2D eigenvalue weighted by atomic mass is 19.3. The third-order valence-electron chi connectivity index (χ3n) is 4.78. The Labute approximate surface area is 170 Å². The number of aryl methyl sites for hydroxylation is 1. The van der Waals surface area contributed by atoms with E-state index in [1.807, 2.05) is 0 Å². The van der Waals surface area contributed by atoms with Gasteiger partial charge in [0.1, 0.15) is 11.4 Å². The molecule has 6 nitrogen and oxygen atoms in total. The number of amides is 1. The van der Waals surface area contributed by atoms with Crippen molar-refractivity contribution in [2.75, 3.05) is 6.61 Å². The van der Waals surface area contributed by atoms with Crippen LogP contribution in [0, 0.1) is 5.82 Å². The van der Waals surface area contributed by atoms with Gasteiger partial charge in [0.05, 0.1) is 6.20 Å². The first-order valence-electron chi connectivity index (χ1n) is 9.26. The summed E-state index contributed by atoms with van der Waals surface area (Å²) in [4.78, 5) is 18.2. The molecular formula is C21H19F3N4O2. The SMILES string of the molecule is Cn1cc(-c2ccc(CN3Cc4ccnc(OCC(C)(F)F)c4C3=O)c(F)c2)cn1. The Hall–Kier alpha value is -3.36. The molecule has 4 rings (SSSR count). The number of alkyl halides is 2. The van der Waals surface area contributed by atoms with E-state index in [1.54, 1.807) is 42.3 Å². The molecule has 0 bridgehead atoms. The van der Waals surface area contributed by atoms with Crippen molar-refractivity contribution in [2.45, 2.75) is 25.9 Å². The molecule has 0 atom stereocenters. The van der Waals surface area contributed by atoms with Crippen molar-refractivity contribution in [3.8, 4) is 17.0 Å². The second-order valence-electron chi connectivity index (χ2n) is 7.38. The predicted octanol–water partition coefficient (Wildman–Crippen LogP) is 3.81. The lowest BCUT2D eigenvalue weighted by Gasteiger charge is -2.17. The van der Waals surface area contributed by atoms with Crippen molar-refractivity contribution in [3.63, 3.8) is 0 Å². The van der Waals surface area contributed by atoms with Gasteiger partial charge in [-0.15, -0.1) is 0 Å². The van der Waals surface area contributed by atoms with Crippen LogP contribution < -0.4 is 4.74 Å². The van der Waals surface area contributed by atoms with E-state index in [9.17, 15) is 18.0 Å². The van der Waals surface area contributed by atoms with Crippen LogP contribution in [0.3, 0.4) is 0 Å². The Balaban J connectivity index is 1.53. The van der Waals surface area contributed by atoms with Gasteiger partial charge in [0.25, 0.3) is 11.8 Å². The fraction of sp³-hybridized carbons (Fsp3) is 0.286. The Morgan fingerprint density at radius 3 is 2.70 bits per heavy atom. The largest absolute Gasteiger partial charge is 0.471 e. The van der Waals surface area contributed by atoms with Crippen LogP contribution >= 0.6 is 0 Å². The molecule has 0 spiro atoms. The molecule has 30 heavy (non-hydrogen) atoms. The van der Waals surface area contributed by atoms with Crippen molar-refractivity contribution in [1.82, 2.24) is 19.7 Å². The first-order valence-corrected chi connectivity index (χ1v) is 9.26. The highest BCUT2D eigenvalue weighted by Crippen LogP contribution is 2.32. The molecular weight excluding hydrogens is 397 g/mol. The van der Waals surface area contributed by atoms with E-state index < -0.39 is 24.3 Å². The lowest BCUT2D eigenvalue weighted by atomic mass is 10.1. The number of hydrogen-bond acceptors (Lipinski definition) is 4. The molecule has 2 aromatic heterocycles. The van der Waals surface area contributed by atoms with Gasteiger partial charge in [-0.3, -0.25) is 9.48 Å². The maximum atomic E-state index is 14.7. The zero-order valence-corrected chi connectivity index (χ0v) is 16.4. The Kier molecular flexibility index (Phi) is 4.97. The number of carbonyl (C=O) groups excluding carboxylic acids is 1. The van der Waals surface area contributed by atoms with Crippen LogP contribution in [0.5, 0.6) is 5.88 Å². The summed E-state index contributed by atoms with van der Waals surface area (Å²) in [6.07, 6.45) is 4.83. The number of hydrogen-bond donors (Lipinski definition) is 0. The summed E-state index contributed by atoms with van der Waals surface area (Å²) >= 11 is 0. The molecule has 1 aromatic carbocycles. The van der Waals surface area contributed by atoms with Gasteiger partial charge in [0, 0.05) is 50.6 Å². The standard InChI is InChI=1S/C21H19F3N4O2/c1-21(23,24)12-30-19-18-15(5-6-25-19)11-28(20(18)29)10-14-4-3-13(7-17(14)22)16-8-26-27(2)9-16/h3-9H,10-12H2,1-2H3. The van der Waals surface area contributed by atoms with Crippen LogP contribution in [0.25, 0.3) is 11.1 Å². The lowest BCUT2D eigenvalue weighted by molar-refractivity contribution is -0.0245. The molecule has 0 fully saturated rings. The van der Waals surface area contributed by atoms with Gasteiger partial charge in [-0.1, -0.05) is 12.1 Å². The van der Waals surface area contributed by atoms with Gasteiger partial charge in [0.15, 0.2) is 6.61 Å². The summed E-state index contributed by atoms with van der Waals surface area (Å²) in [6.45, 7) is 0.103. The van der Waals surface area contributed by atoms with E-state index in [4.69, 9.17) is 4.74 Å². The van der Waals surface area contributed by atoms with E-state index in [0.717, 1.165) is 12.5 Å². The van der Waals surface area contributed by atoms with Gasteiger partial charge in [0.2, 0.25) is 5.88 Å². The maximum absolute atomic E-state index is 14.7. The molecule has 0 saturated carbocycles. The van der Waals surface area contributed by atoms with E-state index in [2.05, 4.69) is 10.1 Å². The van der Waals surface area contributed by atoms with E-state index in [1.165, 1.54) is 17.2 Å². The monoisotopic (exact) mass is 416 g/mol. The molecule has 1 aliphatic rings. The summed E-state index contributed by atoms with van der Waals surface area (Å²) in [7, 11) is 1.78. The number of pyridine rings is 1. The van der Waals surface area contributed by atoms with Crippen LogP contribution in [0.2, 0.25) is 0 Å². The van der Waals surface area contributed by atoms with Gasteiger partial charge >= 0.3 is 0 Å². The zero-order chi connectivity index (χ0) is 21.5. The molecule has 3 aromatic rings. The van der Waals surface area contributed by atoms with Crippen LogP contribution in [0.15, 0.2) is 42.9 Å². The first kappa shape index (κ1) is 19.9. The third kappa shape index (κ3) is 4.00. The van der Waals surface area contributed by atoms with Crippen molar-refractivity contribution < 1.29 is 22.7 Å². The molecule has 9 heteroatoms. The molecule has 0 aliphatic carbocycles. The molecule has 0 saturated heterocycles. The van der Waals surface area contributed by atoms with E-state index >= 15 is 0 Å². The molecule has 1 amide bonds. The minimum absolute atomic E-state index is 0.0377. The summed E-state index contributed by atoms with van der Waals surface area (Å²) in [6, 6.07) is 6.43. The number of aromatic nitrogens is 3. The quantitative estimate of drug-likeness (QED) is 0.613. The summed E-state index contributed by atoms with van der Waals surface area (Å²) in [5.74, 6) is -4.05. The van der Waals surface area contributed by atoms with Crippen molar-refractivity contribution >= 4 is 5.91 Å². The molecule has 156 valence electrons. The number of halogens is 3. The lowest BCUT2D eigenvalue weighted by Crippen LogP contribution is -2.25. The van der Waals surface area contributed by atoms with Crippen LogP contribution in [0.4, 0.5) is 13.2 Å². The molecule has 0 radical (unpaired) electrons. The number of benzene rings is 1. The minimum atomic E-state index is -3.05. The Bertz CT molecular complexity index is 1110. The number of carbonyl (C=O) groups is 1. The zero-order valence-electron chi connectivity index (χ0n) is 16.4. The van der Waals surface area contributed by atoms with Crippen molar-refractivity contribution in [3.05, 3.63) is 65.4 Å². The first-order chi connectivity index (χ1) is 14.2. The predicted molar refractivity (Wildman–Crippen MR) is 103 cm³/mol. The normalized spacial score (nSPS) is 13.6. The second-order valence-corrected chi connectivity index (χ2v) is 7.38. The topological polar surface area (TPSA) is 60.2 Å². The fourth-order valence-corrected chi connectivity index (χ4v) is 3.34. The van der Waals surface area contributed by atoms with Gasteiger partial charge in [-0.2, -0.15) is 5.10 Å². The second kappa shape index (κ2) is 7.47. The summed E-state index contributed by atoms with van der Waals surface area (Å²) < 4.78 is 47.7. The molecule has 0 N–H and O–H groups in total. The van der Waals surface area contributed by atoms with Gasteiger partial charge < -0.3 is 9.64 Å². The van der Waals surface area contributed by atoms with Crippen LogP contribution in [0.1, 0.15) is 28.4 Å². The molecule has 1 aliphatic heterocycles. The highest BCUT2D eigenvalue weighted by Gasteiger charge is 2.33. The number of ether oxygens (including phenoxy) is 1. The average Bonchev–Trinajstić information content (AvgIpc) is 3.25. The maximum Gasteiger partial charge on any atom is 0.278 e. The van der Waals surface area contributed by atoms with Crippen LogP contribution in [-0.4, -0.2) is 38.1 Å². The summed E-state index contributed by atoms with van der Waals surface area (Å²) in [5.41, 5.74) is 2.57. The molecule has 3 heterocycles. The fourth-order valence-electron chi connectivity index (χ4n) is 3.34. The smallest absolute Gasteiger partial charge is 0.278 e. The van der Waals surface area contributed by atoms with E-state index in [0.29, 0.717) is 16.7 Å². The molecule has 0 unspecified atom stereocenters. The van der Waals surface area contributed by atoms with Crippen LogP contribution in [-0.2, 0) is 20.1 Å². The van der Waals surface area contributed by atoms with Crippen molar-refractivity contribution in [2.24, 2.45) is 7.05 Å². The Morgan fingerprint density at radius 2 is 2.03 bits per heavy atom. The van der Waals surface area contributed by atoms with Gasteiger partial charge in [-0.05, 0) is 23.3 Å². The van der Waals surface area contributed by atoms with E-state index in [-0.39, 0.29) is 24.5 Å². The highest BCUT2D eigenvalue weighted by molar-refractivity contribution is 6.00. The third-order valence-corrected chi connectivity index (χ3v) is 4.78. The minimum Gasteiger partial charge on any atom is -0.471 e. The number of rotatable bonds is 6. The Morgan fingerprint density at radius 1 is 1.23 bits per heavy atom.